The first-order valence-electron chi connectivity index (χ1n) is 5.96. The van der Waals surface area contributed by atoms with Crippen LogP contribution in [-0.4, -0.2) is 11.0 Å². The number of hydrogen-bond acceptors (Lipinski definition) is 1. The lowest BCUT2D eigenvalue weighted by Gasteiger charge is -2.36. The molecule has 2 nitrogen and oxygen atoms in total. The second-order valence-electron chi connectivity index (χ2n) is 5.40. The van der Waals surface area contributed by atoms with E-state index in [1.165, 1.54) is 22.2 Å². The zero-order chi connectivity index (χ0) is 11.3. The molecule has 2 heteroatoms. The molecule has 0 bridgehead atoms. The Labute approximate surface area is 96.1 Å². The summed E-state index contributed by atoms with van der Waals surface area (Å²) in [5.74, 6) is 0. The minimum absolute atomic E-state index is 0.0621. The molecule has 2 heterocycles. The van der Waals surface area contributed by atoms with Crippen LogP contribution in [0.1, 0.15) is 32.0 Å². The molecule has 0 fully saturated rings. The lowest BCUT2D eigenvalue weighted by molar-refractivity contribution is 0.326. The Kier molecular flexibility index (Phi) is 1.93. The first kappa shape index (κ1) is 9.91. The van der Waals surface area contributed by atoms with Crippen LogP contribution < -0.4 is 5.32 Å². The number of rotatable bonds is 0. The van der Waals surface area contributed by atoms with Crippen molar-refractivity contribution in [3.63, 3.8) is 0 Å². The smallest absolute Gasteiger partial charge is 0.0459 e. The van der Waals surface area contributed by atoms with Crippen LogP contribution in [0, 0.1) is 0 Å². The zero-order valence-electron chi connectivity index (χ0n) is 10.1. The van der Waals surface area contributed by atoms with Crippen LogP contribution >= 0.6 is 0 Å². The number of para-hydroxylation sites is 1. The molecular formula is C14H18N2. The highest BCUT2D eigenvalue weighted by atomic mass is 15.0. The van der Waals surface area contributed by atoms with E-state index < -0.39 is 0 Å². The fraction of sp³-hybridized carbons (Fsp3) is 0.429. The van der Waals surface area contributed by atoms with Gasteiger partial charge in [0.25, 0.3) is 0 Å². The van der Waals surface area contributed by atoms with Crippen molar-refractivity contribution in [3.05, 3.63) is 35.5 Å². The molecule has 2 N–H and O–H groups in total. The zero-order valence-corrected chi connectivity index (χ0v) is 10.1. The Morgan fingerprint density at radius 1 is 1.25 bits per heavy atom. The fourth-order valence-electron chi connectivity index (χ4n) is 3.11. The third kappa shape index (κ3) is 1.30. The third-order valence-electron chi connectivity index (χ3n) is 3.53. The second-order valence-corrected chi connectivity index (χ2v) is 5.40. The predicted molar refractivity (Wildman–Crippen MR) is 67.6 cm³/mol. The Morgan fingerprint density at radius 3 is 2.81 bits per heavy atom. The van der Waals surface area contributed by atoms with Gasteiger partial charge in [-0.15, -0.1) is 0 Å². The highest BCUT2D eigenvalue weighted by Gasteiger charge is 2.33. The van der Waals surface area contributed by atoms with E-state index in [0.717, 1.165) is 6.42 Å². The van der Waals surface area contributed by atoms with Gasteiger partial charge in [-0.2, -0.15) is 0 Å². The van der Waals surface area contributed by atoms with Gasteiger partial charge in [0.2, 0.25) is 0 Å². The quantitative estimate of drug-likeness (QED) is 0.693. The molecule has 84 valence electrons. The molecule has 1 atom stereocenters. The maximum Gasteiger partial charge on any atom is 0.0459 e. The highest BCUT2D eigenvalue weighted by Crippen LogP contribution is 2.35. The first-order valence-corrected chi connectivity index (χ1v) is 5.96. The molecule has 0 saturated heterocycles. The number of H-pyrrole nitrogens is 1. The topological polar surface area (TPSA) is 27.8 Å². The van der Waals surface area contributed by atoms with Crippen molar-refractivity contribution < 1.29 is 0 Å². The molecule has 3 rings (SSSR count). The van der Waals surface area contributed by atoms with Gasteiger partial charge < -0.3 is 10.3 Å². The van der Waals surface area contributed by atoms with Crippen LogP contribution in [0.3, 0.4) is 0 Å². The van der Waals surface area contributed by atoms with E-state index in [4.69, 9.17) is 0 Å². The number of aromatic amines is 1. The number of aromatic nitrogens is 1. The lowest BCUT2D eigenvalue weighted by Crippen LogP contribution is -2.47. The highest BCUT2D eigenvalue weighted by molar-refractivity contribution is 5.86. The number of nitrogens with one attached hydrogen (secondary N) is 2. The van der Waals surface area contributed by atoms with Gasteiger partial charge in [-0.3, -0.25) is 0 Å². The lowest BCUT2D eigenvalue weighted by atomic mass is 9.85. The van der Waals surface area contributed by atoms with Crippen molar-refractivity contribution in [1.29, 1.82) is 0 Å². The molecule has 0 spiro atoms. The van der Waals surface area contributed by atoms with Crippen molar-refractivity contribution in [2.24, 2.45) is 0 Å². The molecule has 16 heavy (non-hydrogen) atoms. The Balaban J connectivity index is 2.32. The molecule has 1 aromatic heterocycles. The van der Waals surface area contributed by atoms with Crippen molar-refractivity contribution in [2.45, 2.75) is 38.8 Å². The van der Waals surface area contributed by atoms with Crippen molar-refractivity contribution >= 4 is 10.9 Å². The van der Waals surface area contributed by atoms with E-state index in [2.05, 4.69) is 55.3 Å². The standard InChI is InChI=1S/C14H18N2/c1-9-8-12-13(14(2,3)16-9)10-6-4-5-7-11(10)15-12/h4-7,9,15-16H,8H2,1-3H3. The van der Waals surface area contributed by atoms with Crippen LogP contribution in [0.15, 0.2) is 24.3 Å². The fourth-order valence-corrected chi connectivity index (χ4v) is 3.11. The maximum atomic E-state index is 3.67. The van der Waals surface area contributed by atoms with Gasteiger partial charge in [0.1, 0.15) is 0 Å². The van der Waals surface area contributed by atoms with Crippen molar-refractivity contribution in [2.75, 3.05) is 0 Å². The summed E-state index contributed by atoms with van der Waals surface area (Å²) in [5.41, 5.74) is 4.17. The molecule has 0 radical (unpaired) electrons. The van der Waals surface area contributed by atoms with E-state index in [-0.39, 0.29) is 5.54 Å². The average molecular weight is 214 g/mol. The van der Waals surface area contributed by atoms with Crippen LogP contribution in [-0.2, 0) is 12.0 Å². The molecule has 2 aromatic rings. The third-order valence-corrected chi connectivity index (χ3v) is 3.53. The Morgan fingerprint density at radius 2 is 2.00 bits per heavy atom. The van der Waals surface area contributed by atoms with Crippen LogP contribution in [0.5, 0.6) is 0 Å². The molecule has 1 aromatic carbocycles. The van der Waals surface area contributed by atoms with Gasteiger partial charge in [-0.25, -0.2) is 0 Å². The summed E-state index contributed by atoms with van der Waals surface area (Å²) in [5, 5.41) is 5.03. The summed E-state index contributed by atoms with van der Waals surface area (Å²) in [6, 6.07) is 9.12. The molecule has 0 amide bonds. The molecule has 1 aliphatic heterocycles. The van der Waals surface area contributed by atoms with Gasteiger partial charge in [0, 0.05) is 40.2 Å². The van der Waals surface area contributed by atoms with E-state index in [1.54, 1.807) is 0 Å². The minimum atomic E-state index is 0.0621. The summed E-state index contributed by atoms with van der Waals surface area (Å²) >= 11 is 0. The normalized spacial score (nSPS) is 23.3. The van der Waals surface area contributed by atoms with Gasteiger partial charge >= 0.3 is 0 Å². The molecule has 0 aliphatic carbocycles. The van der Waals surface area contributed by atoms with E-state index in [1.807, 2.05) is 0 Å². The van der Waals surface area contributed by atoms with Crippen molar-refractivity contribution in [3.8, 4) is 0 Å². The van der Waals surface area contributed by atoms with Gasteiger partial charge in [0.15, 0.2) is 0 Å². The Bertz CT molecular complexity index is 537. The first-order chi connectivity index (χ1) is 7.58. The van der Waals surface area contributed by atoms with Crippen LogP contribution in [0.2, 0.25) is 0 Å². The Hall–Kier alpha value is -1.28. The largest absolute Gasteiger partial charge is 0.358 e. The summed E-state index contributed by atoms with van der Waals surface area (Å²) in [7, 11) is 0. The van der Waals surface area contributed by atoms with Crippen LogP contribution in [0.4, 0.5) is 0 Å². The van der Waals surface area contributed by atoms with Gasteiger partial charge in [-0.05, 0) is 26.8 Å². The van der Waals surface area contributed by atoms with Crippen molar-refractivity contribution in [1.82, 2.24) is 10.3 Å². The average Bonchev–Trinajstić information content (AvgIpc) is 2.53. The molecule has 0 saturated carbocycles. The van der Waals surface area contributed by atoms with E-state index in [9.17, 15) is 0 Å². The van der Waals surface area contributed by atoms with Crippen LogP contribution in [0.25, 0.3) is 10.9 Å². The molecule has 1 aliphatic rings. The summed E-state index contributed by atoms with van der Waals surface area (Å²) in [4.78, 5) is 3.56. The summed E-state index contributed by atoms with van der Waals surface area (Å²) < 4.78 is 0. The van der Waals surface area contributed by atoms with E-state index >= 15 is 0 Å². The number of hydrogen-bond donors (Lipinski definition) is 2. The number of fused-ring (bicyclic) bond motifs is 3. The predicted octanol–water partition coefficient (Wildman–Crippen LogP) is 2.94. The monoisotopic (exact) mass is 214 g/mol. The summed E-state index contributed by atoms with van der Waals surface area (Å²) in [6.45, 7) is 6.78. The maximum absolute atomic E-state index is 3.67. The van der Waals surface area contributed by atoms with Gasteiger partial charge in [-0.1, -0.05) is 18.2 Å². The van der Waals surface area contributed by atoms with E-state index in [0.29, 0.717) is 6.04 Å². The van der Waals surface area contributed by atoms with Gasteiger partial charge in [0.05, 0.1) is 0 Å². The SMILES string of the molecule is CC1Cc2[nH]c3ccccc3c2C(C)(C)N1. The second kappa shape index (κ2) is 3.11. The number of benzene rings is 1. The summed E-state index contributed by atoms with van der Waals surface area (Å²) in [6.07, 6.45) is 1.09. The minimum Gasteiger partial charge on any atom is -0.358 e. The molecular weight excluding hydrogens is 196 g/mol. The molecule has 1 unspecified atom stereocenters.